The Hall–Kier alpha value is -2.98. The number of rotatable bonds is 8. The van der Waals surface area contributed by atoms with E-state index in [-0.39, 0.29) is 41.0 Å². The number of carbonyl (C=O) groups excluding carboxylic acids is 1. The second kappa shape index (κ2) is 12.3. The van der Waals surface area contributed by atoms with Crippen LogP contribution < -0.4 is 10.0 Å². The molecule has 4 aromatic rings. The summed E-state index contributed by atoms with van der Waals surface area (Å²) in [5.74, 6) is 0.396. The molecule has 10 heteroatoms. The minimum Gasteiger partial charge on any atom is -0.337 e. The fourth-order valence-electron chi connectivity index (χ4n) is 3.61. The summed E-state index contributed by atoms with van der Waals surface area (Å²) in [5, 5.41) is 2.54. The summed E-state index contributed by atoms with van der Waals surface area (Å²) >= 11 is 0. The van der Waals surface area contributed by atoms with E-state index in [1.807, 2.05) is 65.5 Å². The van der Waals surface area contributed by atoms with E-state index < -0.39 is 21.9 Å². The Morgan fingerprint density at radius 1 is 0.972 bits per heavy atom. The van der Waals surface area contributed by atoms with Gasteiger partial charge in [-0.2, -0.15) is 0 Å². The van der Waals surface area contributed by atoms with Crippen LogP contribution in [0.25, 0.3) is 16.9 Å². The van der Waals surface area contributed by atoms with E-state index in [0.717, 1.165) is 59.0 Å². The molecule has 1 radical (unpaired) electrons. The Bertz CT molecular complexity index is 1410. The Morgan fingerprint density at radius 3 is 2.28 bits per heavy atom. The third-order valence-corrected chi connectivity index (χ3v) is 6.78. The van der Waals surface area contributed by atoms with Crippen LogP contribution in [-0.4, -0.2) is 60.1 Å². The Balaban J connectivity index is 0.00000361. The maximum Gasteiger partial charge on any atom is 0.328 e. The molecule has 36 heavy (non-hydrogen) atoms. The second-order valence-corrected chi connectivity index (χ2v) is 9.55. The first-order chi connectivity index (χ1) is 16.9. The van der Waals surface area contributed by atoms with E-state index in [9.17, 15) is 17.6 Å². The van der Waals surface area contributed by atoms with Crippen molar-refractivity contribution in [2.45, 2.75) is 24.7 Å². The number of carbonyl (C=O) groups is 1. The SMILES string of the molecule is CCc1nc(-c2ccccc2)cn1-c1ccc(CCNC(=O)NS(=O)(=O)c2ccc(F)cc2)cc1.[Na]. The zero-order chi connectivity index (χ0) is 24.8. The molecule has 0 saturated heterocycles. The van der Waals surface area contributed by atoms with Gasteiger partial charge < -0.3 is 9.88 Å². The molecule has 7 nitrogen and oxygen atoms in total. The van der Waals surface area contributed by atoms with Gasteiger partial charge in [0, 0.05) is 60.0 Å². The number of sulfonamides is 1. The summed E-state index contributed by atoms with van der Waals surface area (Å²) in [4.78, 5) is 16.6. The van der Waals surface area contributed by atoms with Crippen LogP contribution in [0.1, 0.15) is 18.3 Å². The number of amides is 2. The van der Waals surface area contributed by atoms with Gasteiger partial charge >= 0.3 is 6.03 Å². The summed E-state index contributed by atoms with van der Waals surface area (Å²) in [6, 6.07) is 21.3. The smallest absolute Gasteiger partial charge is 0.328 e. The molecular weight excluding hydrogens is 490 g/mol. The van der Waals surface area contributed by atoms with E-state index in [1.54, 1.807) is 0 Å². The van der Waals surface area contributed by atoms with Crippen LogP contribution in [-0.2, 0) is 22.9 Å². The molecule has 0 aliphatic carbocycles. The van der Waals surface area contributed by atoms with E-state index >= 15 is 0 Å². The number of hydrogen-bond acceptors (Lipinski definition) is 4. The number of benzene rings is 3. The maximum atomic E-state index is 13.0. The van der Waals surface area contributed by atoms with Crippen LogP contribution in [0, 0.1) is 5.82 Å². The van der Waals surface area contributed by atoms with Crippen molar-refractivity contribution in [1.29, 1.82) is 0 Å². The van der Waals surface area contributed by atoms with Crippen molar-refractivity contribution in [1.82, 2.24) is 19.6 Å². The Labute approximate surface area is 232 Å². The van der Waals surface area contributed by atoms with Crippen LogP contribution in [0.5, 0.6) is 0 Å². The molecule has 1 heterocycles. The number of hydrogen-bond donors (Lipinski definition) is 2. The first kappa shape index (κ1) is 27.6. The van der Waals surface area contributed by atoms with Crippen molar-refractivity contribution >= 4 is 45.6 Å². The topological polar surface area (TPSA) is 93.1 Å². The van der Waals surface area contributed by atoms with Crippen molar-refractivity contribution in [3.63, 3.8) is 0 Å². The average Bonchev–Trinajstić information content (AvgIpc) is 3.30. The number of aromatic nitrogens is 2. The van der Waals surface area contributed by atoms with E-state index in [1.165, 1.54) is 0 Å². The van der Waals surface area contributed by atoms with Crippen molar-refractivity contribution in [2.75, 3.05) is 6.54 Å². The van der Waals surface area contributed by atoms with Gasteiger partial charge in [-0.1, -0.05) is 49.4 Å². The van der Waals surface area contributed by atoms with Gasteiger partial charge in [0.05, 0.1) is 10.6 Å². The van der Waals surface area contributed by atoms with Gasteiger partial charge in [-0.05, 0) is 48.4 Å². The normalized spacial score (nSPS) is 10.9. The maximum absolute atomic E-state index is 13.0. The Kier molecular flexibility index (Phi) is 9.44. The molecule has 0 bridgehead atoms. The predicted octanol–water partition coefficient (Wildman–Crippen LogP) is 4.09. The van der Waals surface area contributed by atoms with Crippen molar-refractivity contribution in [2.24, 2.45) is 0 Å². The molecule has 2 N–H and O–H groups in total. The van der Waals surface area contributed by atoms with Crippen LogP contribution >= 0.6 is 0 Å². The zero-order valence-corrected chi connectivity index (χ0v) is 22.9. The minimum atomic E-state index is -4.07. The third-order valence-electron chi connectivity index (χ3n) is 5.43. The molecule has 1 aromatic heterocycles. The van der Waals surface area contributed by atoms with Crippen LogP contribution in [0.4, 0.5) is 9.18 Å². The summed E-state index contributed by atoms with van der Waals surface area (Å²) in [6.45, 7) is 2.31. The number of nitrogens with one attached hydrogen (secondary N) is 2. The molecular formula is C26H25FN4NaO3S. The average molecular weight is 516 g/mol. The quantitative estimate of drug-likeness (QED) is 0.346. The first-order valence-corrected chi connectivity index (χ1v) is 12.6. The largest absolute Gasteiger partial charge is 0.337 e. The zero-order valence-electron chi connectivity index (χ0n) is 20.1. The number of imidazole rings is 1. The molecule has 4 rings (SSSR count). The van der Waals surface area contributed by atoms with E-state index in [4.69, 9.17) is 4.98 Å². The van der Waals surface area contributed by atoms with Gasteiger partial charge in [-0.3, -0.25) is 0 Å². The van der Waals surface area contributed by atoms with Crippen molar-refractivity contribution < 1.29 is 17.6 Å². The van der Waals surface area contributed by atoms with Gasteiger partial charge in [0.25, 0.3) is 10.0 Å². The number of urea groups is 1. The van der Waals surface area contributed by atoms with Crippen molar-refractivity contribution in [3.05, 3.63) is 102 Å². The van der Waals surface area contributed by atoms with Gasteiger partial charge in [0.1, 0.15) is 11.6 Å². The van der Waals surface area contributed by atoms with E-state index in [0.29, 0.717) is 6.42 Å². The second-order valence-electron chi connectivity index (χ2n) is 7.86. The fraction of sp³-hybridized carbons (Fsp3) is 0.154. The van der Waals surface area contributed by atoms with Gasteiger partial charge in [-0.15, -0.1) is 0 Å². The van der Waals surface area contributed by atoms with Crippen molar-refractivity contribution in [3.8, 4) is 16.9 Å². The Morgan fingerprint density at radius 2 is 1.64 bits per heavy atom. The standard InChI is InChI=1S/C26H25FN4O3S.Na/c1-2-25-29-24(20-6-4-3-5-7-20)18-31(25)22-12-8-19(9-13-22)16-17-28-26(32)30-35(33,34)23-14-10-21(27)11-15-23;/h3-15,18H,2,16-17H2,1H3,(H2,28,30,32);. The fourth-order valence-corrected chi connectivity index (χ4v) is 4.54. The predicted molar refractivity (Wildman–Crippen MR) is 138 cm³/mol. The molecule has 0 aliphatic heterocycles. The van der Waals surface area contributed by atoms with Crippen LogP contribution in [0.15, 0.2) is 90.0 Å². The molecule has 0 fully saturated rings. The number of halogens is 1. The third kappa shape index (κ3) is 6.82. The molecule has 2 amide bonds. The molecule has 0 saturated carbocycles. The number of aryl methyl sites for hydroxylation is 1. The molecule has 0 aliphatic rings. The summed E-state index contributed by atoms with van der Waals surface area (Å²) in [7, 11) is -4.07. The molecule has 0 spiro atoms. The summed E-state index contributed by atoms with van der Waals surface area (Å²) < 4.78 is 41.4. The monoisotopic (exact) mass is 515 g/mol. The molecule has 181 valence electrons. The first-order valence-electron chi connectivity index (χ1n) is 11.1. The summed E-state index contributed by atoms with van der Waals surface area (Å²) in [5.41, 5.74) is 3.94. The molecule has 3 aromatic carbocycles. The molecule has 0 unspecified atom stereocenters. The van der Waals surface area contributed by atoms with Gasteiger partial charge in [0.2, 0.25) is 0 Å². The number of nitrogens with zero attached hydrogens (tertiary/aromatic N) is 2. The van der Waals surface area contributed by atoms with Gasteiger partial charge in [-0.25, -0.2) is 27.3 Å². The minimum absolute atomic E-state index is 0. The van der Waals surface area contributed by atoms with Gasteiger partial charge in [0.15, 0.2) is 0 Å². The van der Waals surface area contributed by atoms with Crippen LogP contribution in [0.3, 0.4) is 0 Å². The molecule has 0 atom stereocenters. The van der Waals surface area contributed by atoms with Crippen LogP contribution in [0.2, 0.25) is 0 Å². The van der Waals surface area contributed by atoms with E-state index in [2.05, 4.69) is 16.8 Å². The summed E-state index contributed by atoms with van der Waals surface area (Å²) in [6.07, 6.45) is 3.33.